The summed E-state index contributed by atoms with van der Waals surface area (Å²) in [4.78, 5) is 0. The normalized spacial score (nSPS) is 11.5. The van der Waals surface area contributed by atoms with Crippen LogP contribution in [0.5, 0.6) is 5.75 Å². The molecule has 0 heterocycles. The van der Waals surface area contributed by atoms with E-state index in [1.807, 2.05) is 54.6 Å². The van der Waals surface area contributed by atoms with Gasteiger partial charge in [-0.15, -0.1) is 0 Å². The van der Waals surface area contributed by atoms with Gasteiger partial charge >= 0.3 is 0 Å². The van der Waals surface area contributed by atoms with Crippen LogP contribution in [0.3, 0.4) is 0 Å². The van der Waals surface area contributed by atoms with E-state index in [9.17, 15) is 0 Å². The Labute approximate surface area is 305 Å². The first kappa shape index (κ1) is 32.1. The molecule has 1 unspecified atom stereocenters. The molecular weight excluding hydrogens is 640 g/mol. The maximum atomic E-state index is 7.55. The lowest BCUT2D eigenvalue weighted by Crippen LogP contribution is -2.12. The predicted octanol–water partition coefficient (Wildman–Crippen LogP) is 13.6. The molecule has 0 fully saturated rings. The second kappa shape index (κ2) is 14.8. The van der Waals surface area contributed by atoms with E-state index in [-0.39, 0.29) is 0 Å². The highest BCUT2D eigenvalue weighted by Gasteiger charge is 2.28. The highest BCUT2D eigenvalue weighted by atomic mass is 35.5. The second-order valence-corrected chi connectivity index (χ2v) is 12.8. The van der Waals surface area contributed by atoms with Gasteiger partial charge in [-0.1, -0.05) is 206 Å². The molecule has 0 saturated carbocycles. The lowest BCUT2D eigenvalue weighted by atomic mass is 9.84. The van der Waals surface area contributed by atoms with Gasteiger partial charge in [0.25, 0.3) is 0 Å². The smallest absolute Gasteiger partial charge is 0.150 e. The van der Waals surface area contributed by atoms with Crippen molar-refractivity contribution in [2.75, 3.05) is 0 Å². The summed E-state index contributed by atoms with van der Waals surface area (Å²) in [7, 11) is 0. The summed E-state index contributed by atoms with van der Waals surface area (Å²) in [5, 5.41) is 0.649. The van der Waals surface area contributed by atoms with Crippen molar-refractivity contribution in [3.8, 4) is 61.4 Å². The van der Waals surface area contributed by atoms with E-state index in [1.165, 1.54) is 5.56 Å². The lowest BCUT2D eigenvalue weighted by molar-refractivity contribution is 0.250. The third-order valence-electron chi connectivity index (χ3n) is 9.20. The van der Waals surface area contributed by atoms with E-state index in [2.05, 4.69) is 152 Å². The van der Waals surface area contributed by atoms with Crippen LogP contribution < -0.4 is 4.74 Å². The molecular formula is C49H34ClO. The monoisotopic (exact) mass is 673 g/mol. The molecule has 0 aliphatic rings. The van der Waals surface area contributed by atoms with E-state index in [0.717, 1.165) is 66.9 Å². The third-order valence-corrected chi connectivity index (χ3v) is 9.54. The number of benzene rings is 8. The zero-order valence-corrected chi connectivity index (χ0v) is 28.7. The number of hydrogen-bond donors (Lipinski definition) is 0. The Hall–Kier alpha value is -6.15. The summed E-state index contributed by atoms with van der Waals surface area (Å²) in [5.74, 6) is 0.765. The topological polar surface area (TPSA) is 9.23 Å². The van der Waals surface area contributed by atoms with E-state index in [4.69, 9.17) is 16.3 Å². The quantitative estimate of drug-likeness (QED) is 0.148. The Bertz CT molecular complexity index is 2350. The predicted molar refractivity (Wildman–Crippen MR) is 213 cm³/mol. The van der Waals surface area contributed by atoms with E-state index >= 15 is 0 Å². The van der Waals surface area contributed by atoms with E-state index < -0.39 is 6.10 Å². The van der Waals surface area contributed by atoms with Gasteiger partial charge in [-0.05, 0) is 45.0 Å². The minimum atomic E-state index is -0.496. The summed E-state index contributed by atoms with van der Waals surface area (Å²) in [6.45, 7) is 0. The van der Waals surface area contributed by atoms with Crippen LogP contribution in [0.2, 0.25) is 5.02 Å². The van der Waals surface area contributed by atoms with Gasteiger partial charge in [-0.25, -0.2) is 0 Å². The molecule has 8 aromatic rings. The fourth-order valence-electron chi connectivity index (χ4n) is 6.72. The van der Waals surface area contributed by atoms with Gasteiger partial charge in [0.1, 0.15) is 5.75 Å². The van der Waals surface area contributed by atoms with Crippen molar-refractivity contribution < 1.29 is 4.74 Å². The van der Waals surface area contributed by atoms with E-state index in [0.29, 0.717) is 5.02 Å². The van der Waals surface area contributed by atoms with Gasteiger partial charge in [0, 0.05) is 38.9 Å². The molecule has 0 aliphatic heterocycles. The molecule has 1 atom stereocenters. The van der Waals surface area contributed by atoms with Crippen LogP contribution in [0.25, 0.3) is 55.6 Å². The fourth-order valence-corrected chi connectivity index (χ4v) is 6.96. The average Bonchev–Trinajstić information content (AvgIpc) is 3.21. The van der Waals surface area contributed by atoms with Gasteiger partial charge in [-0.3, -0.25) is 0 Å². The third kappa shape index (κ3) is 6.73. The van der Waals surface area contributed by atoms with Crippen molar-refractivity contribution in [1.82, 2.24) is 0 Å². The van der Waals surface area contributed by atoms with Crippen LogP contribution in [0.15, 0.2) is 200 Å². The first-order valence-electron chi connectivity index (χ1n) is 17.2. The van der Waals surface area contributed by atoms with Crippen LogP contribution in [-0.2, 0) is 0 Å². The molecule has 51 heavy (non-hydrogen) atoms. The number of rotatable bonds is 9. The molecule has 0 amide bonds. The van der Waals surface area contributed by atoms with Crippen molar-refractivity contribution in [3.63, 3.8) is 0 Å². The molecule has 1 nitrogen and oxygen atoms in total. The molecule has 0 bridgehead atoms. The summed E-state index contributed by atoms with van der Waals surface area (Å²) in [5.41, 5.74) is 12.3. The van der Waals surface area contributed by atoms with Crippen molar-refractivity contribution in [1.29, 1.82) is 0 Å². The van der Waals surface area contributed by atoms with Crippen LogP contribution >= 0.6 is 11.6 Å². The lowest BCUT2D eigenvalue weighted by Gasteiger charge is -2.28. The Balaban J connectivity index is 1.47. The standard InChI is InChI=1S/C49H34ClO/c50-45-29-17-16-28-42(45)48(41-26-14-5-15-27-41)51-49-46(39-22-10-3-11-23-39)43(37-20-8-2-9-21-37)34-44(47(49)40-24-12-4-13-25-40)38-32-30-36(31-33-38)35-18-6-1-7-19-35/h1-33,48H. The van der Waals surface area contributed by atoms with Crippen molar-refractivity contribution >= 4 is 11.6 Å². The Kier molecular flexibility index (Phi) is 9.29. The molecule has 8 aromatic carbocycles. The molecule has 243 valence electrons. The number of halogens is 1. The zero-order chi connectivity index (χ0) is 34.4. The zero-order valence-electron chi connectivity index (χ0n) is 27.9. The molecule has 0 saturated heterocycles. The SMILES string of the molecule is Clc1ccccc1C(Oc1c(-c2ccccc2)c(-c2ccccc2)[c]c(-c2ccc(-c3ccccc3)cc2)c1-c1ccccc1)c1ccccc1. The summed E-state index contributed by atoms with van der Waals surface area (Å²) in [6.07, 6.45) is -0.496. The highest BCUT2D eigenvalue weighted by Crippen LogP contribution is 2.52. The van der Waals surface area contributed by atoms with Gasteiger partial charge in [0.2, 0.25) is 0 Å². The van der Waals surface area contributed by atoms with Gasteiger partial charge in [0.15, 0.2) is 6.10 Å². The molecule has 1 radical (unpaired) electrons. The maximum absolute atomic E-state index is 7.55. The fraction of sp³-hybridized carbons (Fsp3) is 0.0204. The largest absolute Gasteiger partial charge is 0.480 e. The molecule has 0 N–H and O–H groups in total. The van der Waals surface area contributed by atoms with Crippen LogP contribution in [0, 0.1) is 6.07 Å². The van der Waals surface area contributed by atoms with Crippen molar-refractivity contribution in [2.24, 2.45) is 0 Å². The molecule has 8 rings (SSSR count). The summed E-state index contributed by atoms with van der Waals surface area (Å²) in [6, 6.07) is 73.1. The maximum Gasteiger partial charge on any atom is 0.150 e. The molecule has 0 aromatic heterocycles. The second-order valence-electron chi connectivity index (χ2n) is 12.4. The molecule has 0 aliphatic carbocycles. The van der Waals surface area contributed by atoms with Crippen molar-refractivity contribution in [2.45, 2.75) is 6.10 Å². The first-order chi connectivity index (χ1) is 25.2. The van der Waals surface area contributed by atoms with Crippen molar-refractivity contribution in [3.05, 3.63) is 222 Å². The average molecular weight is 674 g/mol. The molecule has 2 heteroatoms. The molecule has 0 spiro atoms. The Morgan fingerprint density at radius 2 is 0.745 bits per heavy atom. The van der Waals surface area contributed by atoms with Gasteiger partial charge < -0.3 is 4.74 Å². The minimum Gasteiger partial charge on any atom is -0.480 e. The van der Waals surface area contributed by atoms with Crippen LogP contribution in [0.4, 0.5) is 0 Å². The summed E-state index contributed by atoms with van der Waals surface area (Å²) < 4.78 is 7.55. The van der Waals surface area contributed by atoms with Crippen LogP contribution in [0.1, 0.15) is 17.2 Å². The van der Waals surface area contributed by atoms with E-state index in [1.54, 1.807) is 0 Å². The van der Waals surface area contributed by atoms with Crippen LogP contribution in [-0.4, -0.2) is 0 Å². The number of ether oxygens (including phenoxy) is 1. The summed E-state index contributed by atoms with van der Waals surface area (Å²) >= 11 is 6.98. The van der Waals surface area contributed by atoms with Gasteiger partial charge in [0.05, 0.1) is 0 Å². The number of hydrogen-bond acceptors (Lipinski definition) is 1. The first-order valence-corrected chi connectivity index (χ1v) is 17.5. The van der Waals surface area contributed by atoms with Gasteiger partial charge in [-0.2, -0.15) is 0 Å². The Morgan fingerprint density at radius 1 is 0.373 bits per heavy atom. The highest BCUT2D eigenvalue weighted by molar-refractivity contribution is 6.31. The minimum absolute atomic E-state index is 0.496. The Morgan fingerprint density at radius 3 is 1.25 bits per heavy atom.